The van der Waals surface area contributed by atoms with Gasteiger partial charge >= 0.3 is 0 Å². The molecule has 0 aliphatic rings. The second-order valence-electron chi connectivity index (χ2n) is 3.84. The van der Waals surface area contributed by atoms with Crippen LogP contribution < -0.4 is 10.5 Å². The van der Waals surface area contributed by atoms with E-state index in [0.717, 1.165) is 11.6 Å². The van der Waals surface area contributed by atoms with E-state index in [9.17, 15) is 13.2 Å². The number of aromatic nitrogens is 1. The Labute approximate surface area is 109 Å². The van der Waals surface area contributed by atoms with Crippen LogP contribution >= 0.6 is 0 Å². The van der Waals surface area contributed by atoms with Crippen molar-refractivity contribution in [1.29, 1.82) is 0 Å². The zero-order valence-corrected chi connectivity index (χ0v) is 10.8. The Morgan fingerprint density at radius 3 is 2.58 bits per heavy atom. The molecule has 0 aliphatic carbocycles. The van der Waals surface area contributed by atoms with Gasteiger partial charge in [-0.1, -0.05) is 6.07 Å². The number of carbonyl (C=O) groups excluding carboxylic acids is 1. The van der Waals surface area contributed by atoms with Crippen molar-refractivity contribution in [3.63, 3.8) is 0 Å². The van der Waals surface area contributed by atoms with Crippen molar-refractivity contribution >= 4 is 21.7 Å². The van der Waals surface area contributed by atoms with Gasteiger partial charge in [0, 0.05) is 6.20 Å². The largest absolute Gasteiger partial charge is 0.438 e. The Hall–Kier alpha value is -2.19. The van der Waals surface area contributed by atoms with Gasteiger partial charge in [-0.2, -0.15) is 0 Å². The number of rotatable bonds is 3. The highest BCUT2D eigenvalue weighted by Crippen LogP contribution is 2.14. The molecule has 2 aromatic rings. The van der Waals surface area contributed by atoms with Crippen LogP contribution in [0.5, 0.6) is 0 Å². The molecule has 0 aromatic carbocycles. The van der Waals surface area contributed by atoms with E-state index in [4.69, 9.17) is 9.56 Å². The first kappa shape index (κ1) is 13.2. The van der Waals surface area contributed by atoms with Crippen molar-refractivity contribution in [1.82, 2.24) is 4.98 Å². The maximum atomic E-state index is 11.8. The van der Waals surface area contributed by atoms with E-state index in [2.05, 4.69) is 10.3 Å². The number of primary sulfonamides is 1. The third-order valence-corrected chi connectivity index (χ3v) is 3.02. The van der Waals surface area contributed by atoms with Crippen LogP contribution in [0.1, 0.15) is 16.1 Å². The Bertz CT molecular complexity index is 704. The quantitative estimate of drug-likeness (QED) is 0.866. The second-order valence-corrected chi connectivity index (χ2v) is 5.33. The minimum Gasteiger partial charge on any atom is -0.438 e. The number of aryl methyl sites for hydroxylation is 1. The standard InChI is InChI=1S/C11H11N3O4S/c1-7-2-4-9(13-6-7)14-11(15)8-3-5-10(18-8)19(12,16)17/h2-6H,1H3,(H2,12,16,17)(H,13,14,15). The molecule has 0 saturated heterocycles. The van der Waals surface area contributed by atoms with E-state index in [0.29, 0.717) is 5.82 Å². The minimum absolute atomic E-state index is 0.161. The van der Waals surface area contributed by atoms with Gasteiger partial charge in [-0.3, -0.25) is 4.79 Å². The van der Waals surface area contributed by atoms with Crippen LogP contribution in [0.4, 0.5) is 5.82 Å². The fourth-order valence-electron chi connectivity index (χ4n) is 1.31. The third kappa shape index (κ3) is 3.18. The number of hydrogen-bond donors (Lipinski definition) is 2. The molecular formula is C11H11N3O4S. The Kier molecular flexibility index (Phi) is 3.36. The molecule has 0 radical (unpaired) electrons. The predicted octanol–water partition coefficient (Wildman–Crippen LogP) is 0.883. The number of furan rings is 1. The smallest absolute Gasteiger partial charge is 0.292 e. The summed E-state index contributed by atoms with van der Waals surface area (Å²) in [6.45, 7) is 1.86. The van der Waals surface area contributed by atoms with E-state index in [1.165, 1.54) is 6.07 Å². The van der Waals surface area contributed by atoms with Gasteiger partial charge in [-0.15, -0.1) is 0 Å². The summed E-state index contributed by atoms with van der Waals surface area (Å²) in [7, 11) is -3.96. The molecule has 7 nitrogen and oxygen atoms in total. The van der Waals surface area contributed by atoms with Crippen LogP contribution in [-0.4, -0.2) is 19.3 Å². The van der Waals surface area contributed by atoms with Gasteiger partial charge in [0.05, 0.1) is 0 Å². The molecule has 0 aliphatic heterocycles. The number of nitrogens with two attached hydrogens (primary N) is 1. The summed E-state index contributed by atoms with van der Waals surface area (Å²) >= 11 is 0. The number of hydrogen-bond acceptors (Lipinski definition) is 5. The van der Waals surface area contributed by atoms with Gasteiger partial charge in [0.2, 0.25) is 5.09 Å². The second kappa shape index (κ2) is 4.82. The fourth-order valence-corrected chi connectivity index (χ4v) is 1.78. The highest BCUT2D eigenvalue weighted by Gasteiger charge is 2.17. The van der Waals surface area contributed by atoms with Gasteiger partial charge in [-0.05, 0) is 30.7 Å². The fraction of sp³-hybridized carbons (Fsp3) is 0.0909. The predicted molar refractivity (Wildman–Crippen MR) is 67.0 cm³/mol. The number of pyridine rings is 1. The number of sulfonamides is 1. The number of nitrogens with zero attached hydrogens (tertiary/aromatic N) is 1. The van der Waals surface area contributed by atoms with Crippen molar-refractivity contribution in [2.45, 2.75) is 12.0 Å². The highest BCUT2D eigenvalue weighted by atomic mass is 32.2. The summed E-state index contributed by atoms with van der Waals surface area (Å²) in [5, 5.41) is 6.88. The summed E-state index contributed by atoms with van der Waals surface area (Å²) in [5.41, 5.74) is 0.951. The first-order valence-electron chi connectivity index (χ1n) is 5.23. The van der Waals surface area contributed by atoms with Crippen molar-refractivity contribution < 1.29 is 17.6 Å². The van der Waals surface area contributed by atoms with Crippen molar-refractivity contribution in [2.24, 2.45) is 5.14 Å². The van der Waals surface area contributed by atoms with Gasteiger partial charge in [0.1, 0.15) is 5.82 Å². The molecule has 100 valence electrons. The average molecular weight is 281 g/mol. The number of carbonyl (C=O) groups is 1. The van der Waals surface area contributed by atoms with Crippen LogP contribution in [0.25, 0.3) is 0 Å². The van der Waals surface area contributed by atoms with E-state index < -0.39 is 21.0 Å². The molecular weight excluding hydrogens is 270 g/mol. The molecule has 2 aromatic heterocycles. The Morgan fingerprint density at radius 2 is 2.05 bits per heavy atom. The first-order valence-corrected chi connectivity index (χ1v) is 6.77. The molecule has 2 heterocycles. The highest BCUT2D eigenvalue weighted by molar-refractivity contribution is 7.89. The lowest BCUT2D eigenvalue weighted by atomic mass is 10.3. The molecule has 0 spiro atoms. The molecule has 2 rings (SSSR count). The lowest BCUT2D eigenvalue weighted by molar-refractivity contribution is 0.0991. The molecule has 0 fully saturated rings. The van der Waals surface area contributed by atoms with Gasteiger partial charge in [0.15, 0.2) is 5.76 Å². The van der Waals surface area contributed by atoms with Crippen LogP contribution in [0.2, 0.25) is 0 Å². The van der Waals surface area contributed by atoms with E-state index in [-0.39, 0.29) is 5.76 Å². The molecule has 1 amide bonds. The normalized spacial score (nSPS) is 11.3. The zero-order valence-electron chi connectivity index (χ0n) is 9.95. The van der Waals surface area contributed by atoms with E-state index in [1.807, 2.05) is 6.92 Å². The van der Waals surface area contributed by atoms with Crippen molar-refractivity contribution in [3.8, 4) is 0 Å². The summed E-state index contributed by atoms with van der Waals surface area (Å²) in [6, 6.07) is 5.74. The van der Waals surface area contributed by atoms with Crippen LogP contribution in [0.3, 0.4) is 0 Å². The first-order chi connectivity index (χ1) is 8.86. The van der Waals surface area contributed by atoms with Gasteiger partial charge < -0.3 is 9.73 Å². The summed E-state index contributed by atoms with van der Waals surface area (Å²) in [6.07, 6.45) is 1.59. The summed E-state index contributed by atoms with van der Waals surface area (Å²) in [5.74, 6) is -0.429. The lowest BCUT2D eigenvalue weighted by Gasteiger charge is -2.02. The van der Waals surface area contributed by atoms with Crippen molar-refractivity contribution in [3.05, 3.63) is 41.8 Å². The molecule has 0 atom stereocenters. The molecule has 19 heavy (non-hydrogen) atoms. The number of anilines is 1. The van der Waals surface area contributed by atoms with Crippen LogP contribution in [-0.2, 0) is 10.0 Å². The lowest BCUT2D eigenvalue weighted by Crippen LogP contribution is -2.13. The van der Waals surface area contributed by atoms with Crippen LogP contribution in [0.15, 0.2) is 40.0 Å². The zero-order chi connectivity index (χ0) is 14.0. The van der Waals surface area contributed by atoms with Crippen molar-refractivity contribution in [2.75, 3.05) is 5.32 Å². The summed E-state index contributed by atoms with van der Waals surface area (Å²) < 4.78 is 26.9. The molecule has 0 saturated carbocycles. The molecule has 0 bridgehead atoms. The SMILES string of the molecule is Cc1ccc(NC(=O)c2ccc(S(N)(=O)=O)o2)nc1. The van der Waals surface area contributed by atoms with Gasteiger partial charge in [-0.25, -0.2) is 18.5 Å². The van der Waals surface area contributed by atoms with E-state index in [1.54, 1.807) is 18.3 Å². The minimum atomic E-state index is -3.96. The maximum absolute atomic E-state index is 11.8. The van der Waals surface area contributed by atoms with Gasteiger partial charge in [0.25, 0.3) is 15.9 Å². The molecule has 3 N–H and O–H groups in total. The monoisotopic (exact) mass is 281 g/mol. The molecule has 8 heteroatoms. The summed E-state index contributed by atoms with van der Waals surface area (Å²) in [4.78, 5) is 15.7. The topological polar surface area (TPSA) is 115 Å². The third-order valence-electron chi connectivity index (χ3n) is 2.24. The number of amides is 1. The Morgan fingerprint density at radius 1 is 1.32 bits per heavy atom. The maximum Gasteiger partial charge on any atom is 0.292 e. The molecule has 0 unspecified atom stereocenters. The Balaban J connectivity index is 2.16. The number of nitrogens with one attached hydrogen (secondary N) is 1. The van der Waals surface area contributed by atoms with E-state index >= 15 is 0 Å². The van der Waals surface area contributed by atoms with Crippen LogP contribution in [0, 0.1) is 6.92 Å². The average Bonchev–Trinajstić information content (AvgIpc) is 2.81.